The quantitative estimate of drug-likeness (QED) is 0.780. The van der Waals surface area contributed by atoms with Crippen molar-refractivity contribution in [2.24, 2.45) is 0 Å². The second-order valence-electron chi connectivity index (χ2n) is 4.34. The van der Waals surface area contributed by atoms with E-state index in [0.717, 1.165) is 0 Å². The van der Waals surface area contributed by atoms with E-state index in [1.165, 1.54) is 43.5 Å². The lowest BCUT2D eigenvalue weighted by Gasteiger charge is -2.13. The van der Waals surface area contributed by atoms with Crippen LogP contribution in [-0.2, 0) is 0 Å². The number of carboxylic acid groups (broad SMARTS) is 2. The summed E-state index contributed by atoms with van der Waals surface area (Å²) in [4.78, 5) is 22.5. The van der Waals surface area contributed by atoms with Crippen LogP contribution >= 0.6 is 11.6 Å². The SMILES string of the molecule is COc1ccc(C(=O)O)c(Nc2cc(Cl)ccc2C(=O)O)c1. The molecule has 0 fully saturated rings. The maximum absolute atomic E-state index is 11.3. The molecular formula is C15H12ClNO5. The minimum atomic E-state index is -1.15. The van der Waals surface area contributed by atoms with E-state index in [0.29, 0.717) is 10.8 Å². The van der Waals surface area contributed by atoms with E-state index in [4.69, 9.17) is 16.3 Å². The van der Waals surface area contributed by atoms with Crippen LogP contribution in [0.25, 0.3) is 0 Å². The molecule has 0 aliphatic rings. The number of halogens is 1. The third-order valence-corrected chi connectivity index (χ3v) is 3.17. The number of methoxy groups -OCH3 is 1. The van der Waals surface area contributed by atoms with Gasteiger partial charge in [-0.2, -0.15) is 0 Å². The van der Waals surface area contributed by atoms with Gasteiger partial charge in [0.1, 0.15) is 5.75 Å². The minimum Gasteiger partial charge on any atom is -0.497 e. The fourth-order valence-corrected chi connectivity index (χ4v) is 2.06. The first-order valence-electron chi connectivity index (χ1n) is 6.13. The standard InChI is InChI=1S/C15H12ClNO5/c1-22-9-3-5-11(15(20)21)13(7-9)17-12-6-8(16)2-4-10(12)14(18)19/h2-7,17H,1H3,(H,18,19)(H,20,21). The summed E-state index contributed by atoms with van der Waals surface area (Å²) in [6.45, 7) is 0. The molecule has 114 valence electrons. The van der Waals surface area contributed by atoms with Crippen molar-refractivity contribution in [3.8, 4) is 5.75 Å². The molecule has 0 aromatic heterocycles. The molecule has 0 bridgehead atoms. The lowest BCUT2D eigenvalue weighted by Crippen LogP contribution is -2.07. The van der Waals surface area contributed by atoms with Crippen molar-refractivity contribution in [1.29, 1.82) is 0 Å². The Hall–Kier alpha value is -2.73. The topological polar surface area (TPSA) is 95.9 Å². The molecule has 3 N–H and O–H groups in total. The molecule has 0 saturated heterocycles. The van der Waals surface area contributed by atoms with Crippen LogP contribution < -0.4 is 10.1 Å². The van der Waals surface area contributed by atoms with E-state index in [-0.39, 0.29) is 22.5 Å². The molecule has 0 amide bonds. The second kappa shape index (κ2) is 6.36. The Morgan fingerprint density at radius 2 is 1.55 bits per heavy atom. The zero-order chi connectivity index (χ0) is 16.3. The molecule has 7 heteroatoms. The molecule has 22 heavy (non-hydrogen) atoms. The Kier molecular flexibility index (Phi) is 4.53. The molecule has 0 heterocycles. The number of hydrogen-bond donors (Lipinski definition) is 3. The molecule has 2 aromatic rings. The summed E-state index contributed by atoms with van der Waals surface area (Å²) in [6.07, 6.45) is 0. The molecule has 0 unspecified atom stereocenters. The highest BCUT2D eigenvalue weighted by Crippen LogP contribution is 2.29. The van der Waals surface area contributed by atoms with Crippen molar-refractivity contribution in [3.63, 3.8) is 0 Å². The van der Waals surface area contributed by atoms with E-state index >= 15 is 0 Å². The van der Waals surface area contributed by atoms with E-state index in [1.807, 2.05) is 0 Å². The van der Waals surface area contributed by atoms with Crippen LogP contribution in [0.15, 0.2) is 36.4 Å². The Labute approximate surface area is 130 Å². The number of aromatic carboxylic acids is 2. The summed E-state index contributed by atoms with van der Waals surface area (Å²) in [7, 11) is 1.45. The number of nitrogens with one attached hydrogen (secondary N) is 1. The molecule has 0 saturated carbocycles. The van der Waals surface area contributed by atoms with Crippen LogP contribution in [0.1, 0.15) is 20.7 Å². The second-order valence-corrected chi connectivity index (χ2v) is 4.77. The van der Waals surface area contributed by atoms with Crippen LogP contribution in [0.2, 0.25) is 5.02 Å². The van der Waals surface area contributed by atoms with Gasteiger partial charge in [-0.25, -0.2) is 9.59 Å². The van der Waals surface area contributed by atoms with Gasteiger partial charge in [-0.3, -0.25) is 0 Å². The van der Waals surface area contributed by atoms with Crippen LogP contribution in [0.5, 0.6) is 5.75 Å². The van der Waals surface area contributed by atoms with E-state index in [2.05, 4.69) is 5.32 Å². The van der Waals surface area contributed by atoms with Gasteiger partial charge in [0.25, 0.3) is 0 Å². The fourth-order valence-electron chi connectivity index (χ4n) is 1.89. The Morgan fingerprint density at radius 3 is 2.09 bits per heavy atom. The molecule has 0 aliphatic heterocycles. The van der Waals surface area contributed by atoms with Crippen molar-refractivity contribution in [2.75, 3.05) is 12.4 Å². The lowest BCUT2D eigenvalue weighted by molar-refractivity contribution is 0.0688. The van der Waals surface area contributed by atoms with Crippen molar-refractivity contribution >= 4 is 34.9 Å². The summed E-state index contributed by atoms with van der Waals surface area (Å²) in [5, 5.41) is 21.5. The summed E-state index contributed by atoms with van der Waals surface area (Å²) in [5.41, 5.74) is 0.355. The van der Waals surface area contributed by atoms with Gasteiger partial charge < -0.3 is 20.3 Å². The predicted molar refractivity (Wildman–Crippen MR) is 81.6 cm³/mol. The van der Waals surface area contributed by atoms with Gasteiger partial charge in [-0.05, 0) is 30.3 Å². The number of benzene rings is 2. The summed E-state index contributed by atoms with van der Waals surface area (Å²) >= 11 is 5.87. The van der Waals surface area contributed by atoms with Crippen molar-refractivity contribution in [1.82, 2.24) is 0 Å². The first kappa shape index (κ1) is 15.7. The number of hydrogen-bond acceptors (Lipinski definition) is 4. The van der Waals surface area contributed by atoms with Crippen LogP contribution in [-0.4, -0.2) is 29.3 Å². The van der Waals surface area contributed by atoms with Gasteiger partial charge in [0.2, 0.25) is 0 Å². The number of anilines is 2. The monoisotopic (exact) mass is 321 g/mol. The molecule has 0 radical (unpaired) electrons. The van der Waals surface area contributed by atoms with Crippen LogP contribution in [0.3, 0.4) is 0 Å². The predicted octanol–water partition coefficient (Wildman–Crippen LogP) is 3.49. The maximum Gasteiger partial charge on any atom is 0.337 e. The molecule has 0 aliphatic carbocycles. The van der Waals surface area contributed by atoms with Gasteiger partial charge in [0, 0.05) is 11.1 Å². The van der Waals surface area contributed by atoms with Crippen LogP contribution in [0, 0.1) is 0 Å². The van der Waals surface area contributed by atoms with E-state index in [1.54, 1.807) is 0 Å². The third kappa shape index (κ3) is 3.29. The Balaban J connectivity index is 2.52. The van der Waals surface area contributed by atoms with Crippen LogP contribution in [0.4, 0.5) is 11.4 Å². The number of rotatable bonds is 5. The number of carboxylic acids is 2. The molecule has 0 spiro atoms. The van der Waals surface area contributed by atoms with Crippen molar-refractivity contribution in [2.45, 2.75) is 0 Å². The molecule has 6 nitrogen and oxygen atoms in total. The molecule has 0 atom stereocenters. The smallest absolute Gasteiger partial charge is 0.337 e. The highest BCUT2D eigenvalue weighted by Gasteiger charge is 2.15. The van der Waals surface area contributed by atoms with Gasteiger partial charge >= 0.3 is 11.9 Å². The summed E-state index contributed by atoms with van der Waals surface area (Å²) in [6, 6.07) is 8.54. The number of carbonyl (C=O) groups is 2. The lowest BCUT2D eigenvalue weighted by atomic mass is 10.1. The first-order chi connectivity index (χ1) is 10.4. The normalized spacial score (nSPS) is 10.1. The first-order valence-corrected chi connectivity index (χ1v) is 6.51. The van der Waals surface area contributed by atoms with Crippen molar-refractivity contribution < 1.29 is 24.5 Å². The summed E-state index contributed by atoms with van der Waals surface area (Å²) < 4.78 is 5.05. The summed E-state index contributed by atoms with van der Waals surface area (Å²) in [5.74, 6) is -1.87. The largest absolute Gasteiger partial charge is 0.497 e. The minimum absolute atomic E-state index is 0.0166. The van der Waals surface area contributed by atoms with Gasteiger partial charge in [-0.1, -0.05) is 11.6 Å². The molecular weight excluding hydrogens is 310 g/mol. The molecule has 2 aromatic carbocycles. The average Bonchev–Trinajstić information content (AvgIpc) is 2.46. The Morgan fingerprint density at radius 1 is 1.00 bits per heavy atom. The highest BCUT2D eigenvalue weighted by atomic mass is 35.5. The van der Waals surface area contributed by atoms with Gasteiger partial charge in [0.15, 0.2) is 0 Å². The maximum atomic E-state index is 11.3. The zero-order valence-electron chi connectivity index (χ0n) is 11.5. The molecule has 2 rings (SSSR count). The van der Waals surface area contributed by atoms with Crippen molar-refractivity contribution in [3.05, 3.63) is 52.5 Å². The van der Waals surface area contributed by atoms with Gasteiger partial charge in [-0.15, -0.1) is 0 Å². The number of ether oxygens (including phenoxy) is 1. The zero-order valence-corrected chi connectivity index (χ0v) is 12.2. The Bertz CT molecular complexity index is 745. The third-order valence-electron chi connectivity index (χ3n) is 2.94. The fraction of sp³-hybridized carbons (Fsp3) is 0.0667. The van der Waals surface area contributed by atoms with Gasteiger partial charge in [0.05, 0.1) is 29.6 Å². The highest BCUT2D eigenvalue weighted by molar-refractivity contribution is 6.31. The van der Waals surface area contributed by atoms with E-state index < -0.39 is 11.9 Å². The average molecular weight is 322 g/mol. The van der Waals surface area contributed by atoms with E-state index in [9.17, 15) is 19.8 Å².